The van der Waals surface area contributed by atoms with Crippen molar-refractivity contribution in [1.82, 2.24) is 9.97 Å². The molecule has 0 radical (unpaired) electrons. The maximum absolute atomic E-state index is 12.7. The minimum atomic E-state index is -3.90. The molecule has 4 rings (SSSR count). The summed E-state index contributed by atoms with van der Waals surface area (Å²) in [5.74, 6) is -0.181. The van der Waals surface area contributed by atoms with Crippen LogP contribution in [-0.2, 0) is 14.8 Å². The zero-order valence-corrected chi connectivity index (χ0v) is 23.0. The van der Waals surface area contributed by atoms with Gasteiger partial charge in [0, 0.05) is 22.2 Å². The number of nitrogens with one attached hydrogen (secondary N) is 3. The van der Waals surface area contributed by atoms with Gasteiger partial charge in [-0.25, -0.2) is 23.2 Å². The average Bonchev–Trinajstić information content (AvgIpc) is 3.23. The number of nitrogens with zero attached hydrogens (tertiary/aromatic N) is 2. The Morgan fingerprint density at radius 3 is 2.37 bits per heavy atom. The highest BCUT2D eigenvalue weighted by atomic mass is 32.2. The van der Waals surface area contributed by atoms with Gasteiger partial charge in [-0.2, -0.15) is 0 Å². The molecule has 2 aromatic heterocycles. The highest BCUT2D eigenvalue weighted by molar-refractivity contribution is 7.92. The molecule has 0 atom stereocenters. The van der Waals surface area contributed by atoms with Gasteiger partial charge in [0.15, 0.2) is 5.11 Å². The van der Waals surface area contributed by atoms with Crippen LogP contribution < -0.4 is 20.1 Å². The Bertz CT molecular complexity index is 1570. The summed E-state index contributed by atoms with van der Waals surface area (Å²) in [4.78, 5) is 21.4. The summed E-state index contributed by atoms with van der Waals surface area (Å²) in [6.07, 6.45) is 1.20. The van der Waals surface area contributed by atoms with E-state index in [1.807, 2.05) is 37.3 Å². The fourth-order valence-electron chi connectivity index (χ4n) is 3.57. The van der Waals surface area contributed by atoms with Crippen LogP contribution in [0.2, 0.25) is 0 Å². The lowest BCUT2D eigenvalue weighted by Crippen LogP contribution is -2.20. The van der Waals surface area contributed by atoms with Crippen molar-refractivity contribution in [3.8, 4) is 17.0 Å². The van der Waals surface area contributed by atoms with Crippen LogP contribution in [0.25, 0.3) is 11.1 Å². The molecule has 4 aromatic rings. The fourth-order valence-corrected chi connectivity index (χ4v) is 5.92. The predicted octanol–water partition coefficient (Wildman–Crippen LogP) is 4.92. The van der Waals surface area contributed by atoms with E-state index in [0.29, 0.717) is 16.3 Å². The third kappa shape index (κ3) is 6.07. The number of esters is 1. The van der Waals surface area contributed by atoms with E-state index in [2.05, 4.69) is 25.3 Å². The summed E-state index contributed by atoms with van der Waals surface area (Å²) in [7, 11) is -1.15. The van der Waals surface area contributed by atoms with E-state index >= 15 is 0 Å². The number of ether oxygens (including phenoxy) is 2. The first-order valence-corrected chi connectivity index (χ1v) is 13.8. The number of benzene rings is 2. The van der Waals surface area contributed by atoms with Crippen LogP contribution in [0.1, 0.15) is 15.2 Å². The van der Waals surface area contributed by atoms with E-state index in [-0.39, 0.29) is 21.7 Å². The molecular weight excluding hydrogens is 547 g/mol. The van der Waals surface area contributed by atoms with Crippen molar-refractivity contribution >= 4 is 61.2 Å². The molecule has 0 saturated heterocycles. The Balaban J connectivity index is 1.49. The third-order valence-electron chi connectivity index (χ3n) is 5.28. The molecule has 0 spiro atoms. The number of thiophene rings is 1. The molecule has 0 aliphatic carbocycles. The molecule has 0 fully saturated rings. The second-order valence-corrected chi connectivity index (χ2v) is 11.1. The van der Waals surface area contributed by atoms with E-state index < -0.39 is 16.0 Å². The Kier molecular flexibility index (Phi) is 8.20. The van der Waals surface area contributed by atoms with Crippen LogP contribution in [0.4, 0.5) is 16.5 Å². The number of carbonyl (C=O) groups is 1. The molecule has 10 nitrogen and oxygen atoms in total. The highest BCUT2D eigenvalue weighted by Gasteiger charge is 2.24. The summed E-state index contributed by atoms with van der Waals surface area (Å²) in [5, 5.41) is 6.84. The summed E-state index contributed by atoms with van der Waals surface area (Å²) in [6, 6.07) is 16.9. The second-order valence-electron chi connectivity index (χ2n) is 7.75. The molecule has 13 heteroatoms. The number of aromatic nitrogens is 2. The largest absolute Gasteiger partial charge is 0.481 e. The van der Waals surface area contributed by atoms with Gasteiger partial charge < -0.3 is 20.1 Å². The number of methoxy groups -OCH3 is 2. The van der Waals surface area contributed by atoms with E-state index in [4.69, 9.17) is 21.7 Å². The molecule has 0 amide bonds. The van der Waals surface area contributed by atoms with Crippen LogP contribution in [0.3, 0.4) is 0 Å². The second kappa shape index (κ2) is 11.5. The van der Waals surface area contributed by atoms with Crippen molar-refractivity contribution in [3.05, 3.63) is 77.4 Å². The number of hydrogen-bond donors (Lipinski definition) is 3. The molecule has 0 aliphatic heterocycles. The number of anilines is 3. The minimum absolute atomic E-state index is 0.0221. The molecule has 2 heterocycles. The standard InChI is InChI=1S/C25H23N5O5S3/c1-15-21(16-7-5-4-6-8-16)22(24(31)35-3)23(37-15)29-25(36)28-17-9-11-18(12-10-17)38(32,33)30-19-13-20(34-2)27-14-26-19/h4-14H,1-3H3,(H,26,27,30)(H2,28,29,36). The zero-order chi connectivity index (χ0) is 27.3. The Labute approximate surface area is 229 Å². The van der Waals surface area contributed by atoms with Gasteiger partial charge in [0.1, 0.15) is 22.7 Å². The topological polar surface area (TPSA) is 132 Å². The van der Waals surface area contributed by atoms with Crippen LogP contribution in [0.5, 0.6) is 5.88 Å². The first-order chi connectivity index (χ1) is 18.2. The summed E-state index contributed by atoms with van der Waals surface area (Å²) in [5.41, 5.74) is 2.59. The number of rotatable bonds is 8. The molecule has 38 heavy (non-hydrogen) atoms. The van der Waals surface area contributed by atoms with Crippen LogP contribution >= 0.6 is 23.6 Å². The monoisotopic (exact) mass is 569 g/mol. The Morgan fingerprint density at radius 2 is 1.71 bits per heavy atom. The number of thiocarbonyl (C=S) groups is 1. The van der Waals surface area contributed by atoms with Gasteiger partial charge in [-0.1, -0.05) is 30.3 Å². The number of sulfonamides is 1. The van der Waals surface area contributed by atoms with E-state index in [1.54, 1.807) is 12.1 Å². The lowest BCUT2D eigenvalue weighted by atomic mass is 10.0. The first kappa shape index (κ1) is 27.0. The molecule has 0 bridgehead atoms. The fraction of sp³-hybridized carbons (Fsp3) is 0.120. The number of carbonyl (C=O) groups excluding carboxylic acids is 1. The van der Waals surface area contributed by atoms with Crippen molar-refractivity contribution in [2.24, 2.45) is 0 Å². The lowest BCUT2D eigenvalue weighted by molar-refractivity contribution is 0.0603. The van der Waals surface area contributed by atoms with Crippen molar-refractivity contribution in [2.45, 2.75) is 11.8 Å². The van der Waals surface area contributed by atoms with Crippen molar-refractivity contribution < 1.29 is 22.7 Å². The third-order valence-corrected chi connectivity index (χ3v) is 7.87. The Morgan fingerprint density at radius 1 is 1.00 bits per heavy atom. The van der Waals surface area contributed by atoms with Crippen LogP contribution in [0, 0.1) is 6.92 Å². The average molecular weight is 570 g/mol. The quantitative estimate of drug-likeness (QED) is 0.198. The van der Waals surface area contributed by atoms with Crippen LogP contribution in [-0.4, -0.2) is 43.7 Å². The van der Waals surface area contributed by atoms with Gasteiger partial charge in [0.25, 0.3) is 10.0 Å². The van der Waals surface area contributed by atoms with Gasteiger partial charge in [0.2, 0.25) is 5.88 Å². The predicted molar refractivity (Wildman–Crippen MR) is 152 cm³/mol. The molecule has 196 valence electrons. The van der Waals surface area contributed by atoms with Crippen molar-refractivity contribution in [2.75, 3.05) is 29.6 Å². The van der Waals surface area contributed by atoms with Gasteiger partial charge in [-0.3, -0.25) is 4.72 Å². The van der Waals surface area contributed by atoms with Gasteiger partial charge in [-0.05, 0) is 49.0 Å². The summed E-state index contributed by atoms with van der Waals surface area (Å²) in [6.45, 7) is 1.92. The van der Waals surface area contributed by atoms with Crippen molar-refractivity contribution in [1.29, 1.82) is 0 Å². The SMILES string of the molecule is COC(=O)c1c(NC(=S)Nc2ccc(S(=O)(=O)Nc3cc(OC)ncn3)cc2)sc(C)c1-c1ccccc1. The molecule has 0 unspecified atom stereocenters. The first-order valence-electron chi connectivity index (χ1n) is 11.1. The minimum Gasteiger partial charge on any atom is -0.481 e. The maximum Gasteiger partial charge on any atom is 0.341 e. The van der Waals surface area contributed by atoms with E-state index in [1.165, 1.54) is 50.1 Å². The molecule has 2 aromatic carbocycles. The summed E-state index contributed by atoms with van der Waals surface area (Å²) < 4.78 is 37.9. The normalized spacial score (nSPS) is 10.9. The maximum atomic E-state index is 12.7. The van der Waals surface area contributed by atoms with Gasteiger partial charge in [0.05, 0.1) is 19.1 Å². The van der Waals surface area contributed by atoms with E-state index in [9.17, 15) is 13.2 Å². The van der Waals surface area contributed by atoms with Crippen LogP contribution in [0.15, 0.2) is 71.9 Å². The number of aryl methyl sites for hydroxylation is 1. The van der Waals surface area contributed by atoms with Gasteiger partial charge in [-0.15, -0.1) is 11.3 Å². The summed E-state index contributed by atoms with van der Waals surface area (Å²) >= 11 is 6.84. The highest BCUT2D eigenvalue weighted by Crippen LogP contribution is 2.40. The molecular formula is C25H23N5O5S3. The lowest BCUT2D eigenvalue weighted by Gasteiger charge is -2.12. The van der Waals surface area contributed by atoms with Crippen molar-refractivity contribution in [3.63, 3.8) is 0 Å². The number of hydrogen-bond acceptors (Lipinski definition) is 9. The van der Waals surface area contributed by atoms with E-state index in [0.717, 1.165) is 16.0 Å². The molecule has 0 saturated carbocycles. The Hall–Kier alpha value is -4.07. The zero-order valence-electron chi connectivity index (χ0n) is 20.5. The smallest absolute Gasteiger partial charge is 0.341 e. The molecule has 0 aliphatic rings. The molecule has 3 N–H and O–H groups in total. The van der Waals surface area contributed by atoms with Gasteiger partial charge >= 0.3 is 5.97 Å².